The predicted octanol–water partition coefficient (Wildman–Crippen LogP) is 4.78. The van der Waals surface area contributed by atoms with E-state index in [1.165, 1.54) is 10.2 Å². The smallest absolute Gasteiger partial charge is 0.303 e. The molecule has 164 valence electrons. The number of benzene rings is 3. The van der Waals surface area contributed by atoms with Crippen LogP contribution in [-0.2, 0) is 27.8 Å². The average molecular weight is 450 g/mol. The van der Waals surface area contributed by atoms with Crippen molar-refractivity contribution in [2.45, 2.75) is 31.3 Å². The van der Waals surface area contributed by atoms with Gasteiger partial charge in [-0.05, 0) is 48.7 Å². The van der Waals surface area contributed by atoms with E-state index in [-0.39, 0.29) is 17.7 Å². The van der Waals surface area contributed by atoms with Crippen molar-refractivity contribution in [3.05, 3.63) is 95.7 Å². The summed E-state index contributed by atoms with van der Waals surface area (Å²) in [5, 5.41) is 9.79. The Hall–Kier alpha value is -3.58. The molecule has 1 aromatic heterocycles. The fourth-order valence-corrected chi connectivity index (χ4v) is 5.00. The van der Waals surface area contributed by atoms with Crippen LogP contribution < -0.4 is 4.74 Å². The van der Waals surface area contributed by atoms with Gasteiger partial charge in [0.25, 0.3) is 10.0 Å². The highest BCUT2D eigenvalue weighted by Gasteiger charge is 2.23. The van der Waals surface area contributed by atoms with Gasteiger partial charge in [-0.3, -0.25) is 4.79 Å². The molecule has 4 rings (SSSR count). The molecule has 0 unspecified atom stereocenters. The van der Waals surface area contributed by atoms with E-state index in [1.54, 1.807) is 42.5 Å². The quantitative estimate of drug-likeness (QED) is 0.418. The second kappa shape index (κ2) is 8.88. The fraction of sp³-hybridized carbons (Fsp3) is 0.160. The number of carboxylic acids is 1. The lowest BCUT2D eigenvalue weighted by Gasteiger charge is -2.10. The highest BCUT2D eigenvalue weighted by atomic mass is 32.2. The minimum absolute atomic E-state index is 0.114. The number of carboxylic acid groups (broad SMARTS) is 1. The summed E-state index contributed by atoms with van der Waals surface area (Å²) in [6, 6.07) is 21.5. The van der Waals surface area contributed by atoms with Crippen LogP contribution >= 0.6 is 0 Å². The Balaban J connectivity index is 1.82. The molecule has 0 saturated heterocycles. The highest BCUT2D eigenvalue weighted by molar-refractivity contribution is 7.90. The molecule has 3 aromatic carbocycles. The standard InChI is InChI=1S/C25H23NO5S/c1-18-10-13-21(14-11-18)32(29,30)26-16-20(12-15-24(27)28)25-22(26)8-5-9-23(25)31-17-19-6-3-2-4-7-19/h2-11,13-14,16H,12,15,17H2,1H3,(H,27,28). The Labute approximate surface area is 186 Å². The third kappa shape index (κ3) is 4.38. The van der Waals surface area contributed by atoms with Crippen LogP contribution in [0.4, 0.5) is 0 Å². The first-order valence-electron chi connectivity index (χ1n) is 10.2. The number of ether oxygens (including phenoxy) is 1. The molecule has 0 fully saturated rings. The Morgan fingerprint density at radius 3 is 2.38 bits per heavy atom. The maximum Gasteiger partial charge on any atom is 0.303 e. The van der Waals surface area contributed by atoms with Crippen LogP contribution in [0.5, 0.6) is 5.75 Å². The van der Waals surface area contributed by atoms with E-state index >= 15 is 0 Å². The molecule has 0 aliphatic heterocycles. The van der Waals surface area contributed by atoms with Crippen molar-refractivity contribution >= 4 is 26.9 Å². The van der Waals surface area contributed by atoms with Gasteiger partial charge in [-0.1, -0.05) is 54.1 Å². The summed E-state index contributed by atoms with van der Waals surface area (Å²) in [4.78, 5) is 11.4. The summed E-state index contributed by atoms with van der Waals surface area (Å²) in [5.74, 6) is -0.431. The molecule has 0 spiro atoms. The van der Waals surface area contributed by atoms with Gasteiger partial charge in [0.15, 0.2) is 0 Å². The van der Waals surface area contributed by atoms with Gasteiger partial charge in [0.2, 0.25) is 0 Å². The zero-order valence-corrected chi connectivity index (χ0v) is 18.4. The molecule has 4 aromatic rings. The number of rotatable bonds is 8. The molecular formula is C25H23NO5S. The van der Waals surface area contributed by atoms with Crippen LogP contribution in [0.15, 0.2) is 83.9 Å². The van der Waals surface area contributed by atoms with Gasteiger partial charge in [-0.25, -0.2) is 12.4 Å². The van der Waals surface area contributed by atoms with Crippen LogP contribution in [0, 0.1) is 6.92 Å². The molecule has 1 N–H and O–H groups in total. The number of hydrogen-bond donors (Lipinski definition) is 1. The van der Waals surface area contributed by atoms with Crippen molar-refractivity contribution in [3.63, 3.8) is 0 Å². The van der Waals surface area contributed by atoms with Crippen LogP contribution in [-0.4, -0.2) is 23.5 Å². The Kier molecular flexibility index (Phi) is 6.01. The monoisotopic (exact) mass is 449 g/mol. The number of fused-ring (bicyclic) bond motifs is 1. The largest absolute Gasteiger partial charge is 0.488 e. The molecule has 1 heterocycles. The van der Waals surface area contributed by atoms with Crippen molar-refractivity contribution in [3.8, 4) is 5.75 Å². The molecular weight excluding hydrogens is 426 g/mol. The molecule has 0 saturated carbocycles. The molecule has 6 nitrogen and oxygen atoms in total. The van der Waals surface area contributed by atoms with Gasteiger partial charge in [0.1, 0.15) is 12.4 Å². The van der Waals surface area contributed by atoms with E-state index in [1.807, 2.05) is 37.3 Å². The second-order valence-electron chi connectivity index (χ2n) is 7.59. The maximum absolute atomic E-state index is 13.4. The summed E-state index contributed by atoms with van der Waals surface area (Å²) in [6.45, 7) is 2.20. The molecule has 0 radical (unpaired) electrons. The topological polar surface area (TPSA) is 85.6 Å². The Morgan fingerprint density at radius 2 is 1.69 bits per heavy atom. The van der Waals surface area contributed by atoms with E-state index in [2.05, 4.69) is 0 Å². The lowest BCUT2D eigenvalue weighted by Crippen LogP contribution is -2.11. The van der Waals surface area contributed by atoms with Gasteiger partial charge < -0.3 is 9.84 Å². The summed E-state index contributed by atoms with van der Waals surface area (Å²) in [5.41, 5.74) is 3.00. The van der Waals surface area contributed by atoms with Crippen molar-refractivity contribution in [2.75, 3.05) is 0 Å². The van der Waals surface area contributed by atoms with Crippen molar-refractivity contribution in [1.29, 1.82) is 0 Å². The van der Waals surface area contributed by atoms with Gasteiger partial charge in [-0.2, -0.15) is 0 Å². The molecule has 32 heavy (non-hydrogen) atoms. The SMILES string of the molecule is Cc1ccc(S(=O)(=O)n2cc(CCC(=O)O)c3c(OCc4ccccc4)cccc32)cc1. The molecule has 0 aliphatic rings. The normalized spacial score (nSPS) is 11.5. The number of hydrogen-bond acceptors (Lipinski definition) is 4. The number of aryl methyl sites for hydroxylation is 2. The summed E-state index contributed by atoms with van der Waals surface area (Å²) < 4.78 is 34.1. The molecule has 7 heteroatoms. The third-order valence-corrected chi connectivity index (χ3v) is 6.95. The Bertz CT molecular complexity index is 1360. The fourth-order valence-electron chi connectivity index (χ4n) is 3.61. The number of carbonyl (C=O) groups is 1. The first kappa shape index (κ1) is 21.6. The Morgan fingerprint density at radius 1 is 0.969 bits per heavy atom. The van der Waals surface area contributed by atoms with Crippen molar-refractivity contribution in [2.24, 2.45) is 0 Å². The third-order valence-electron chi connectivity index (χ3n) is 5.26. The van der Waals surface area contributed by atoms with Crippen LogP contribution in [0.3, 0.4) is 0 Å². The first-order valence-corrected chi connectivity index (χ1v) is 11.6. The number of nitrogens with zero attached hydrogens (tertiary/aromatic N) is 1. The molecule has 0 aliphatic carbocycles. The molecule has 0 atom stereocenters. The minimum atomic E-state index is -3.87. The first-order chi connectivity index (χ1) is 15.4. The zero-order valence-electron chi connectivity index (χ0n) is 17.6. The zero-order chi connectivity index (χ0) is 22.7. The average Bonchev–Trinajstić information content (AvgIpc) is 3.17. The van der Waals surface area contributed by atoms with E-state index in [0.717, 1.165) is 11.1 Å². The maximum atomic E-state index is 13.4. The van der Waals surface area contributed by atoms with E-state index in [9.17, 15) is 18.3 Å². The van der Waals surface area contributed by atoms with Gasteiger partial charge in [-0.15, -0.1) is 0 Å². The van der Waals surface area contributed by atoms with Gasteiger partial charge >= 0.3 is 5.97 Å². The predicted molar refractivity (Wildman–Crippen MR) is 122 cm³/mol. The minimum Gasteiger partial charge on any atom is -0.488 e. The van der Waals surface area contributed by atoms with Crippen molar-refractivity contribution in [1.82, 2.24) is 3.97 Å². The molecule has 0 bridgehead atoms. The van der Waals surface area contributed by atoms with Crippen LogP contribution in [0.25, 0.3) is 10.9 Å². The van der Waals surface area contributed by atoms with E-state index in [0.29, 0.717) is 28.8 Å². The second-order valence-corrected chi connectivity index (χ2v) is 9.40. The number of aliphatic carboxylic acids is 1. The summed E-state index contributed by atoms with van der Waals surface area (Å²) in [7, 11) is -3.87. The van der Waals surface area contributed by atoms with E-state index < -0.39 is 16.0 Å². The van der Waals surface area contributed by atoms with Gasteiger partial charge in [0, 0.05) is 18.0 Å². The summed E-state index contributed by atoms with van der Waals surface area (Å²) >= 11 is 0. The van der Waals surface area contributed by atoms with Gasteiger partial charge in [0.05, 0.1) is 10.4 Å². The van der Waals surface area contributed by atoms with Crippen molar-refractivity contribution < 1.29 is 23.1 Å². The highest BCUT2D eigenvalue weighted by Crippen LogP contribution is 2.34. The molecule has 0 amide bonds. The number of aromatic nitrogens is 1. The lowest BCUT2D eigenvalue weighted by atomic mass is 10.1. The summed E-state index contributed by atoms with van der Waals surface area (Å²) in [6.07, 6.45) is 1.59. The lowest BCUT2D eigenvalue weighted by molar-refractivity contribution is -0.136. The van der Waals surface area contributed by atoms with Crippen LogP contribution in [0.1, 0.15) is 23.1 Å². The van der Waals surface area contributed by atoms with E-state index in [4.69, 9.17) is 4.74 Å². The van der Waals surface area contributed by atoms with Crippen LogP contribution in [0.2, 0.25) is 0 Å².